The Morgan fingerprint density at radius 1 is 1.42 bits per heavy atom. The number of nitrogens with one attached hydrogen (secondary N) is 1. The van der Waals surface area contributed by atoms with Gasteiger partial charge >= 0.3 is 0 Å². The van der Waals surface area contributed by atoms with Crippen LogP contribution in [0.4, 0.5) is 11.9 Å². The first-order chi connectivity index (χ1) is 9.10. The molecule has 2 rings (SSSR count). The number of aliphatic hydroxyl groups excluding tert-OH is 1. The molecule has 0 spiro atoms. The molecule has 2 N–H and O–H groups in total. The van der Waals surface area contributed by atoms with Gasteiger partial charge in [-0.2, -0.15) is 15.0 Å². The Balaban J connectivity index is 2.13. The van der Waals surface area contributed by atoms with E-state index in [2.05, 4.69) is 34.1 Å². The predicted octanol–water partition coefficient (Wildman–Crippen LogP) is 1.55. The number of nitrogens with zero attached hydrogens (tertiary/aromatic N) is 4. The zero-order valence-corrected chi connectivity index (χ0v) is 12.1. The Hall–Kier alpha value is -1.14. The number of anilines is 2. The van der Waals surface area contributed by atoms with Crippen molar-refractivity contribution in [1.29, 1.82) is 0 Å². The van der Waals surface area contributed by atoms with Crippen LogP contribution in [0.5, 0.6) is 0 Å². The highest BCUT2D eigenvalue weighted by atomic mass is 35.5. The summed E-state index contributed by atoms with van der Waals surface area (Å²) in [7, 11) is 0. The average molecular weight is 286 g/mol. The molecule has 0 saturated carbocycles. The van der Waals surface area contributed by atoms with E-state index in [9.17, 15) is 5.11 Å². The lowest BCUT2D eigenvalue weighted by Gasteiger charge is -2.34. The Labute approximate surface area is 118 Å². The molecule has 1 aromatic rings. The number of halogens is 1. The quantitative estimate of drug-likeness (QED) is 0.874. The van der Waals surface area contributed by atoms with Gasteiger partial charge in [-0.1, -0.05) is 13.8 Å². The van der Waals surface area contributed by atoms with Crippen molar-refractivity contribution < 1.29 is 5.11 Å². The first-order valence-corrected chi connectivity index (χ1v) is 7.06. The monoisotopic (exact) mass is 285 g/mol. The van der Waals surface area contributed by atoms with E-state index in [1.54, 1.807) is 0 Å². The summed E-state index contributed by atoms with van der Waals surface area (Å²) in [6.07, 6.45) is 1.55. The van der Waals surface area contributed by atoms with Gasteiger partial charge in [0.1, 0.15) is 0 Å². The third-order valence-corrected chi connectivity index (χ3v) is 3.50. The molecular formula is C12H20ClN5O. The van der Waals surface area contributed by atoms with E-state index in [0.717, 1.165) is 25.9 Å². The van der Waals surface area contributed by atoms with Crippen LogP contribution in [0.1, 0.15) is 26.7 Å². The van der Waals surface area contributed by atoms with Gasteiger partial charge in [-0.05, 0) is 30.4 Å². The van der Waals surface area contributed by atoms with Crippen LogP contribution in [0.3, 0.4) is 0 Å². The normalized spacial score (nSPS) is 23.5. The van der Waals surface area contributed by atoms with E-state index in [1.807, 2.05) is 4.90 Å². The van der Waals surface area contributed by atoms with E-state index in [0.29, 0.717) is 24.4 Å². The van der Waals surface area contributed by atoms with Crippen molar-refractivity contribution in [1.82, 2.24) is 15.0 Å². The molecule has 106 valence electrons. The SMILES string of the molecule is CCCNc1nc(Cl)nc(N2CCC(C)C(O)C2)n1. The maximum Gasteiger partial charge on any atom is 0.231 e. The summed E-state index contributed by atoms with van der Waals surface area (Å²) >= 11 is 5.92. The minimum atomic E-state index is -0.351. The molecule has 19 heavy (non-hydrogen) atoms. The van der Waals surface area contributed by atoms with Crippen LogP contribution < -0.4 is 10.2 Å². The molecule has 0 aromatic carbocycles. The third-order valence-electron chi connectivity index (χ3n) is 3.33. The Bertz CT molecular complexity index is 431. The van der Waals surface area contributed by atoms with E-state index in [-0.39, 0.29) is 11.4 Å². The Morgan fingerprint density at radius 2 is 2.21 bits per heavy atom. The van der Waals surface area contributed by atoms with Gasteiger partial charge in [-0.25, -0.2) is 0 Å². The van der Waals surface area contributed by atoms with Crippen molar-refractivity contribution in [3.8, 4) is 0 Å². The van der Waals surface area contributed by atoms with Gasteiger partial charge in [0.2, 0.25) is 17.2 Å². The van der Waals surface area contributed by atoms with E-state index >= 15 is 0 Å². The molecule has 0 bridgehead atoms. The molecule has 7 heteroatoms. The minimum Gasteiger partial charge on any atom is -0.391 e. The number of hydrogen-bond donors (Lipinski definition) is 2. The van der Waals surface area contributed by atoms with Gasteiger partial charge in [-0.15, -0.1) is 0 Å². The van der Waals surface area contributed by atoms with Crippen LogP contribution in [0.15, 0.2) is 0 Å². The summed E-state index contributed by atoms with van der Waals surface area (Å²) < 4.78 is 0. The molecule has 0 amide bonds. The third kappa shape index (κ3) is 3.67. The number of β-amino-alcohol motifs (C(OH)–C–C–N with tert-alkyl or cyclic N) is 1. The van der Waals surface area contributed by atoms with Crippen LogP contribution in [0.25, 0.3) is 0 Å². The van der Waals surface area contributed by atoms with Crippen molar-refractivity contribution in [2.45, 2.75) is 32.8 Å². The van der Waals surface area contributed by atoms with Crippen LogP contribution >= 0.6 is 11.6 Å². The molecule has 1 fully saturated rings. The number of aliphatic hydroxyl groups is 1. The fourth-order valence-corrected chi connectivity index (χ4v) is 2.18. The van der Waals surface area contributed by atoms with Gasteiger partial charge in [0.05, 0.1) is 6.10 Å². The largest absolute Gasteiger partial charge is 0.391 e. The zero-order chi connectivity index (χ0) is 13.8. The van der Waals surface area contributed by atoms with Gasteiger partial charge in [0.25, 0.3) is 0 Å². The molecule has 2 atom stereocenters. The van der Waals surface area contributed by atoms with Crippen molar-refractivity contribution in [3.63, 3.8) is 0 Å². The smallest absolute Gasteiger partial charge is 0.231 e. The van der Waals surface area contributed by atoms with E-state index < -0.39 is 0 Å². The van der Waals surface area contributed by atoms with E-state index in [4.69, 9.17) is 11.6 Å². The lowest BCUT2D eigenvalue weighted by molar-refractivity contribution is 0.102. The van der Waals surface area contributed by atoms with Crippen LogP contribution in [-0.2, 0) is 0 Å². The average Bonchev–Trinajstić information content (AvgIpc) is 2.39. The van der Waals surface area contributed by atoms with Crippen LogP contribution in [-0.4, -0.2) is 45.8 Å². The summed E-state index contributed by atoms with van der Waals surface area (Å²) in [4.78, 5) is 14.5. The molecule has 1 saturated heterocycles. The predicted molar refractivity (Wildman–Crippen MR) is 75.6 cm³/mol. The Kier molecular flexibility index (Phi) is 4.76. The minimum absolute atomic E-state index is 0.178. The summed E-state index contributed by atoms with van der Waals surface area (Å²) in [6, 6.07) is 0. The topological polar surface area (TPSA) is 74.2 Å². The standard InChI is InChI=1S/C12H20ClN5O/c1-3-5-14-11-15-10(13)16-12(17-11)18-6-4-8(2)9(19)7-18/h8-9,19H,3-7H2,1-2H3,(H,14,15,16,17). The molecule has 1 aromatic heterocycles. The zero-order valence-electron chi connectivity index (χ0n) is 11.3. The second kappa shape index (κ2) is 6.34. The molecule has 1 aliphatic heterocycles. The van der Waals surface area contributed by atoms with Gasteiger partial charge in [0.15, 0.2) is 0 Å². The van der Waals surface area contributed by atoms with Crippen molar-refractivity contribution in [2.75, 3.05) is 29.9 Å². The molecule has 0 radical (unpaired) electrons. The van der Waals surface area contributed by atoms with Gasteiger partial charge < -0.3 is 15.3 Å². The highest BCUT2D eigenvalue weighted by Crippen LogP contribution is 2.22. The lowest BCUT2D eigenvalue weighted by Crippen LogP contribution is -2.43. The lowest BCUT2D eigenvalue weighted by atomic mass is 9.96. The second-order valence-electron chi connectivity index (χ2n) is 4.93. The first-order valence-electron chi connectivity index (χ1n) is 6.68. The molecule has 2 unspecified atom stereocenters. The summed E-state index contributed by atoms with van der Waals surface area (Å²) in [5.41, 5.74) is 0. The number of aromatic nitrogens is 3. The molecular weight excluding hydrogens is 266 g/mol. The highest BCUT2D eigenvalue weighted by Gasteiger charge is 2.26. The fraction of sp³-hybridized carbons (Fsp3) is 0.750. The van der Waals surface area contributed by atoms with E-state index in [1.165, 1.54) is 0 Å². The second-order valence-corrected chi connectivity index (χ2v) is 5.27. The maximum absolute atomic E-state index is 9.93. The van der Waals surface area contributed by atoms with Gasteiger partial charge in [0, 0.05) is 19.6 Å². The number of piperidine rings is 1. The fourth-order valence-electron chi connectivity index (χ4n) is 2.03. The first kappa shape index (κ1) is 14.3. The van der Waals surface area contributed by atoms with Crippen LogP contribution in [0.2, 0.25) is 5.28 Å². The number of rotatable bonds is 4. The summed E-state index contributed by atoms with van der Waals surface area (Å²) in [5.74, 6) is 1.33. The van der Waals surface area contributed by atoms with Gasteiger partial charge in [-0.3, -0.25) is 0 Å². The van der Waals surface area contributed by atoms with Crippen molar-refractivity contribution in [2.24, 2.45) is 5.92 Å². The van der Waals surface area contributed by atoms with Crippen molar-refractivity contribution in [3.05, 3.63) is 5.28 Å². The molecule has 0 aliphatic carbocycles. The Morgan fingerprint density at radius 3 is 2.89 bits per heavy atom. The molecule has 1 aliphatic rings. The number of hydrogen-bond acceptors (Lipinski definition) is 6. The van der Waals surface area contributed by atoms with Crippen LogP contribution in [0, 0.1) is 5.92 Å². The molecule has 6 nitrogen and oxygen atoms in total. The highest BCUT2D eigenvalue weighted by molar-refractivity contribution is 6.28. The van der Waals surface area contributed by atoms with Crippen molar-refractivity contribution >= 4 is 23.5 Å². The molecule has 2 heterocycles. The summed E-state index contributed by atoms with van der Waals surface area (Å²) in [6.45, 7) is 6.27. The summed E-state index contributed by atoms with van der Waals surface area (Å²) in [5, 5.41) is 13.2. The maximum atomic E-state index is 9.93.